The van der Waals surface area contributed by atoms with Gasteiger partial charge in [0.15, 0.2) is 12.0 Å². The van der Waals surface area contributed by atoms with E-state index in [4.69, 9.17) is 0 Å². The molecule has 1 heterocycles. The van der Waals surface area contributed by atoms with Gasteiger partial charge in [-0.25, -0.2) is 0 Å². The maximum absolute atomic E-state index is 14.1. The van der Waals surface area contributed by atoms with Gasteiger partial charge in [-0.15, -0.1) is 0 Å². The van der Waals surface area contributed by atoms with E-state index in [2.05, 4.69) is 5.32 Å². The molecule has 4 heteroatoms. The topological polar surface area (TPSA) is 33.0 Å². The van der Waals surface area contributed by atoms with E-state index >= 15 is 0 Å². The highest BCUT2D eigenvalue weighted by Crippen LogP contribution is 2.19. The van der Waals surface area contributed by atoms with E-state index in [0.29, 0.717) is 5.39 Å². The Labute approximate surface area is 134 Å². The first kappa shape index (κ1) is 15.2. The van der Waals surface area contributed by atoms with Crippen LogP contribution in [0.1, 0.15) is 11.1 Å². The van der Waals surface area contributed by atoms with Crippen molar-refractivity contribution < 1.29 is 13.8 Å². The van der Waals surface area contributed by atoms with Crippen LogP contribution in [0.5, 0.6) is 0 Å². The number of aryl methyl sites for hydroxylation is 2. The van der Waals surface area contributed by atoms with Crippen molar-refractivity contribution in [2.45, 2.75) is 20.4 Å². The van der Waals surface area contributed by atoms with Crippen LogP contribution in [0.3, 0.4) is 0 Å². The van der Waals surface area contributed by atoms with Gasteiger partial charge in [-0.1, -0.05) is 36.4 Å². The molecule has 23 heavy (non-hydrogen) atoms. The number of fused-ring (bicyclic) bond motifs is 1. The van der Waals surface area contributed by atoms with E-state index in [1.54, 1.807) is 22.9 Å². The van der Waals surface area contributed by atoms with Gasteiger partial charge < -0.3 is 5.32 Å². The maximum atomic E-state index is 14.1. The summed E-state index contributed by atoms with van der Waals surface area (Å²) in [4.78, 5) is 12.3. The highest BCUT2D eigenvalue weighted by molar-refractivity contribution is 5.91. The fourth-order valence-corrected chi connectivity index (χ4v) is 2.71. The lowest BCUT2D eigenvalue weighted by molar-refractivity contribution is -0.684. The van der Waals surface area contributed by atoms with Crippen molar-refractivity contribution >= 4 is 22.4 Å². The quantitative estimate of drug-likeness (QED) is 0.738. The summed E-state index contributed by atoms with van der Waals surface area (Å²) in [6.07, 6.45) is 3.13. The van der Waals surface area contributed by atoms with Crippen molar-refractivity contribution in [2.75, 3.05) is 5.32 Å². The first-order valence-corrected chi connectivity index (χ1v) is 7.48. The number of amides is 1. The summed E-state index contributed by atoms with van der Waals surface area (Å²) in [5, 5.41) is 4.24. The monoisotopic (exact) mass is 309 g/mol. The molecular weight excluding hydrogens is 291 g/mol. The number of rotatable bonds is 3. The third kappa shape index (κ3) is 3.21. The Kier molecular flexibility index (Phi) is 4.06. The number of pyridine rings is 1. The van der Waals surface area contributed by atoms with Crippen LogP contribution in [0, 0.1) is 19.7 Å². The molecule has 0 aliphatic carbocycles. The number of para-hydroxylation sites is 1. The number of nitrogens with one attached hydrogen (secondary N) is 1. The summed E-state index contributed by atoms with van der Waals surface area (Å²) >= 11 is 0. The summed E-state index contributed by atoms with van der Waals surface area (Å²) in [6.45, 7) is 3.96. The van der Waals surface area contributed by atoms with E-state index in [0.717, 1.165) is 22.2 Å². The Morgan fingerprint density at radius 3 is 2.48 bits per heavy atom. The van der Waals surface area contributed by atoms with Gasteiger partial charge in [-0.3, -0.25) is 4.79 Å². The molecule has 1 N–H and O–H groups in total. The fraction of sp³-hybridized carbons (Fsp3) is 0.158. The van der Waals surface area contributed by atoms with Crippen LogP contribution in [-0.2, 0) is 11.3 Å². The number of hydrogen-bond acceptors (Lipinski definition) is 1. The molecule has 0 atom stereocenters. The van der Waals surface area contributed by atoms with Crippen molar-refractivity contribution in [2.24, 2.45) is 0 Å². The van der Waals surface area contributed by atoms with Gasteiger partial charge in [0.25, 0.3) is 5.91 Å². The third-order valence-electron chi connectivity index (χ3n) is 3.87. The van der Waals surface area contributed by atoms with E-state index < -0.39 is 0 Å². The zero-order valence-electron chi connectivity index (χ0n) is 13.1. The van der Waals surface area contributed by atoms with Crippen LogP contribution in [0.15, 0.2) is 54.9 Å². The van der Waals surface area contributed by atoms with Crippen molar-refractivity contribution in [1.29, 1.82) is 0 Å². The predicted octanol–water partition coefficient (Wildman–Crippen LogP) is 3.52. The Morgan fingerprint density at radius 2 is 1.74 bits per heavy atom. The molecule has 0 saturated heterocycles. The number of aromatic nitrogens is 1. The van der Waals surface area contributed by atoms with Gasteiger partial charge in [0.2, 0.25) is 12.7 Å². The van der Waals surface area contributed by atoms with Crippen LogP contribution >= 0.6 is 0 Å². The van der Waals surface area contributed by atoms with E-state index in [1.807, 2.05) is 44.2 Å². The summed E-state index contributed by atoms with van der Waals surface area (Å²) in [6, 6.07) is 13.1. The molecule has 3 aromatic rings. The van der Waals surface area contributed by atoms with Crippen LogP contribution in [0.4, 0.5) is 10.1 Å². The highest BCUT2D eigenvalue weighted by atomic mass is 19.1. The molecule has 0 radical (unpaired) electrons. The number of anilines is 1. The summed E-state index contributed by atoms with van der Waals surface area (Å²) < 4.78 is 15.7. The lowest BCUT2D eigenvalue weighted by Crippen LogP contribution is -2.40. The van der Waals surface area contributed by atoms with Crippen LogP contribution in [-0.4, -0.2) is 5.91 Å². The third-order valence-corrected chi connectivity index (χ3v) is 3.87. The minimum Gasteiger partial charge on any atom is -0.320 e. The van der Waals surface area contributed by atoms with Crippen molar-refractivity contribution in [3.05, 3.63) is 71.8 Å². The molecule has 1 aromatic heterocycles. The molecule has 0 unspecified atom stereocenters. The Balaban J connectivity index is 1.83. The first-order valence-electron chi connectivity index (χ1n) is 7.48. The molecule has 0 aliphatic rings. The molecule has 0 aliphatic heterocycles. The standard InChI is InChI=1S/C19H17FN2O/c1-13-6-5-7-14(2)19(13)21-18(23)12-22-10-15-8-3-4-9-16(15)17(20)11-22/h3-11H,12H2,1-2H3/p+1. The second kappa shape index (κ2) is 6.16. The van der Waals surface area contributed by atoms with Crippen LogP contribution in [0.25, 0.3) is 10.8 Å². The van der Waals surface area contributed by atoms with Crippen molar-refractivity contribution in [3.8, 4) is 0 Å². The molecule has 3 nitrogen and oxygen atoms in total. The number of carbonyl (C=O) groups is 1. The summed E-state index contributed by atoms with van der Waals surface area (Å²) in [7, 11) is 0. The fourth-order valence-electron chi connectivity index (χ4n) is 2.71. The van der Waals surface area contributed by atoms with Gasteiger partial charge in [0.05, 0.1) is 0 Å². The maximum Gasteiger partial charge on any atom is 0.290 e. The molecule has 1 amide bonds. The minimum atomic E-state index is -0.331. The van der Waals surface area contributed by atoms with Gasteiger partial charge in [-0.05, 0) is 31.0 Å². The first-order chi connectivity index (χ1) is 11.0. The Morgan fingerprint density at radius 1 is 1.04 bits per heavy atom. The van der Waals surface area contributed by atoms with E-state index in [-0.39, 0.29) is 18.3 Å². The summed E-state index contributed by atoms with van der Waals surface area (Å²) in [5.74, 6) is -0.509. The normalized spacial score (nSPS) is 10.7. The smallest absolute Gasteiger partial charge is 0.290 e. The number of benzene rings is 2. The van der Waals surface area contributed by atoms with Gasteiger partial charge in [0.1, 0.15) is 0 Å². The molecule has 2 aromatic carbocycles. The highest BCUT2D eigenvalue weighted by Gasteiger charge is 2.15. The number of halogens is 1. The minimum absolute atomic E-state index is 0.0650. The van der Waals surface area contributed by atoms with E-state index in [1.165, 1.54) is 6.20 Å². The molecule has 3 rings (SSSR count). The molecule has 0 saturated carbocycles. The molecule has 0 fully saturated rings. The molecule has 0 bridgehead atoms. The Bertz CT molecular complexity index is 869. The lowest BCUT2D eigenvalue weighted by Gasteiger charge is -2.10. The van der Waals surface area contributed by atoms with Crippen molar-refractivity contribution in [3.63, 3.8) is 0 Å². The zero-order chi connectivity index (χ0) is 16.4. The largest absolute Gasteiger partial charge is 0.320 e. The van der Waals surface area contributed by atoms with Crippen LogP contribution < -0.4 is 9.88 Å². The van der Waals surface area contributed by atoms with Crippen LogP contribution in [0.2, 0.25) is 0 Å². The zero-order valence-corrected chi connectivity index (χ0v) is 13.1. The van der Waals surface area contributed by atoms with Crippen molar-refractivity contribution in [1.82, 2.24) is 0 Å². The van der Waals surface area contributed by atoms with Gasteiger partial charge in [0, 0.05) is 16.5 Å². The lowest BCUT2D eigenvalue weighted by atomic mass is 10.1. The number of nitrogens with zero attached hydrogens (tertiary/aromatic N) is 1. The molecule has 0 spiro atoms. The second-order valence-corrected chi connectivity index (χ2v) is 5.68. The average molecular weight is 309 g/mol. The molecule has 116 valence electrons. The summed E-state index contributed by atoms with van der Waals surface area (Å²) in [5.41, 5.74) is 2.83. The number of hydrogen-bond donors (Lipinski definition) is 1. The number of carbonyl (C=O) groups excluding carboxylic acids is 1. The molecular formula is C19H18FN2O+. The Hall–Kier alpha value is -2.75. The SMILES string of the molecule is Cc1cccc(C)c1NC(=O)C[n+]1cc(F)c2ccccc2c1. The van der Waals surface area contributed by atoms with E-state index in [9.17, 15) is 9.18 Å². The van der Waals surface area contributed by atoms with Gasteiger partial charge in [-0.2, -0.15) is 8.96 Å². The average Bonchev–Trinajstić information content (AvgIpc) is 2.51. The second-order valence-electron chi connectivity index (χ2n) is 5.68. The predicted molar refractivity (Wildman–Crippen MR) is 88.6 cm³/mol. The van der Waals surface area contributed by atoms with Gasteiger partial charge >= 0.3 is 0 Å².